The van der Waals surface area contributed by atoms with E-state index >= 15 is 0 Å². The predicted octanol–water partition coefficient (Wildman–Crippen LogP) is 7.14. The van der Waals surface area contributed by atoms with Gasteiger partial charge >= 0.3 is 0 Å². The zero-order valence-corrected chi connectivity index (χ0v) is 14.2. The van der Waals surface area contributed by atoms with Crippen LogP contribution in [-0.2, 0) is 0 Å². The van der Waals surface area contributed by atoms with E-state index in [1.54, 1.807) is 0 Å². The maximum Gasteiger partial charge on any atom is 0.0406 e. The van der Waals surface area contributed by atoms with Crippen LogP contribution in [0.1, 0.15) is 5.56 Å². The molecule has 116 valence electrons. The lowest BCUT2D eigenvalue weighted by Crippen LogP contribution is -1.88. The van der Waals surface area contributed by atoms with Gasteiger partial charge in [-0.3, -0.25) is 0 Å². The molecule has 0 atom stereocenters. The fraction of sp³-hybridized carbons (Fsp3) is 0.0435. The van der Waals surface area contributed by atoms with Gasteiger partial charge in [0.25, 0.3) is 0 Å². The minimum atomic E-state index is 0.760. The summed E-state index contributed by atoms with van der Waals surface area (Å²) >= 11 is 6.09. The normalized spacial score (nSPS) is 10.9. The van der Waals surface area contributed by atoms with Crippen LogP contribution in [-0.4, -0.2) is 0 Å². The van der Waals surface area contributed by atoms with Gasteiger partial charge in [0.1, 0.15) is 0 Å². The van der Waals surface area contributed by atoms with E-state index in [2.05, 4.69) is 79.7 Å². The Morgan fingerprint density at radius 3 is 2.04 bits per heavy atom. The average molecular weight is 329 g/mol. The summed E-state index contributed by atoms with van der Waals surface area (Å²) in [6, 6.07) is 29.8. The molecule has 0 N–H and O–H groups in total. The Morgan fingerprint density at radius 2 is 1.29 bits per heavy atom. The van der Waals surface area contributed by atoms with E-state index in [1.165, 1.54) is 38.6 Å². The Bertz CT molecular complexity index is 996. The summed E-state index contributed by atoms with van der Waals surface area (Å²) in [6.45, 7) is 2.12. The van der Waals surface area contributed by atoms with Gasteiger partial charge < -0.3 is 0 Å². The molecule has 0 amide bonds. The van der Waals surface area contributed by atoms with Gasteiger partial charge in [-0.1, -0.05) is 90.0 Å². The SMILES string of the molecule is Cc1ccc(-c2ccc3ccccc3c2-c2ccc(Cl)cc2)cc1. The molecule has 4 rings (SSSR count). The van der Waals surface area contributed by atoms with Crippen molar-refractivity contribution in [2.75, 3.05) is 0 Å². The molecule has 0 aliphatic heterocycles. The van der Waals surface area contributed by atoms with Gasteiger partial charge in [-0.25, -0.2) is 0 Å². The van der Waals surface area contributed by atoms with Crippen molar-refractivity contribution in [2.24, 2.45) is 0 Å². The third-order valence-corrected chi connectivity index (χ3v) is 4.68. The fourth-order valence-electron chi connectivity index (χ4n) is 3.17. The fourth-order valence-corrected chi connectivity index (χ4v) is 3.30. The summed E-state index contributed by atoms with van der Waals surface area (Å²) in [5, 5.41) is 3.27. The molecule has 4 aromatic carbocycles. The highest BCUT2D eigenvalue weighted by molar-refractivity contribution is 6.30. The minimum Gasteiger partial charge on any atom is -0.0843 e. The molecule has 0 heterocycles. The van der Waals surface area contributed by atoms with Crippen LogP contribution < -0.4 is 0 Å². The topological polar surface area (TPSA) is 0 Å². The van der Waals surface area contributed by atoms with Crippen molar-refractivity contribution in [3.8, 4) is 22.3 Å². The number of hydrogen-bond donors (Lipinski definition) is 0. The molecule has 0 saturated heterocycles. The molecule has 0 unspecified atom stereocenters. The van der Waals surface area contributed by atoms with Gasteiger partial charge in [0.15, 0.2) is 0 Å². The monoisotopic (exact) mass is 328 g/mol. The Hall–Kier alpha value is -2.57. The minimum absolute atomic E-state index is 0.760. The standard InChI is InChI=1S/C23H17Cl/c1-16-6-8-18(9-7-16)22-15-12-17-4-2-3-5-21(17)23(22)19-10-13-20(24)14-11-19/h2-15H,1H3. The van der Waals surface area contributed by atoms with Gasteiger partial charge in [0.05, 0.1) is 0 Å². The Balaban J connectivity index is 2.04. The third kappa shape index (κ3) is 2.70. The number of fused-ring (bicyclic) bond motifs is 1. The summed E-state index contributed by atoms with van der Waals surface area (Å²) in [6.07, 6.45) is 0. The second-order valence-corrected chi connectivity index (χ2v) is 6.52. The van der Waals surface area contributed by atoms with Gasteiger partial charge in [-0.2, -0.15) is 0 Å². The molecule has 0 fully saturated rings. The van der Waals surface area contributed by atoms with Gasteiger partial charge in [0, 0.05) is 5.02 Å². The Labute approximate surface area is 147 Å². The van der Waals surface area contributed by atoms with E-state index in [4.69, 9.17) is 11.6 Å². The summed E-state index contributed by atoms with van der Waals surface area (Å²) in [4.78, 5) is 0. The van der Waals surface area contributed by atoms with Crippen molar-refractivity contribution < 1.29 is 0 Å². The molecule has 4 aromatic rings. The molecule has 0 bridgehead atoms. The van der Waals surface area contributed by atoms with E-state index in [1.807, 2.05) is 12.1 Å². The molecule has 0 spiro atoms. The Kier molecular flexibility index (Phi) is 3.84. The number of rotatable bonds is 2. The molecule has 0 saturated carbocycles. The quantitative estimate of drug-likeness (QED) is 0.367. The zero-order valence-electron chi connectivity index (χ0n) is 13.5. The molecule has 1 heteroatoms. The summed E-state index contributed by atoms with van der Waals surface area (Å²) in [5.74, 6) is 0. The predicted molar refractivity (Wildman–Crippen MR) is 105 cm³/mol. The smallest absolute Gasteiger partial charge is 0.0406 e. The molecular formula is C23H17Cl. The highest BCUT2D eigenvalue weighted by Gasteiger charge is 2.11. The first-order valence-corrected chi connectivity index (χ1v) is 8.45. The maximum absolute atomic E-state index is 6.09. The lowest BCUT2D eigenvalue weighted by molar-refractivity contribution is 1.47. The van der Waals surface area contributed by atoms with Crippen LogP contribution in [0.4, 0.5) is 0 Å². The lowest BCUT2D eigenvalue weighted by Gasteiger charge is -2.14. The van der Waals surface area contributed by atoms with E-state index in [0.717, 1.165) is 5.02 Å². The third-order valence-electron chi connectivity index (χ3n) is 4.42. The second kappa shape index (κ2) is 6.14. The van der Waals surface area contributed by atoms with Crippen LogP contribution in [0.5, 0.6) is 0 Å². The van der Waals surface area contributed by atoms with Crippen molar-refractivity contribution >= 4 is 22.4 Å². The van der Waals surface area contributed by atoms with Crippen LogP contribution >= 0.6 is 11.6 Å². The summed E-state index contributed by atoms with van der Waals surface area (Å²) < 4.78 is 0. The van der Waals surface area contributed by atoms with Gasteiger partial charge in [-0.05, 0) is 52.1 Å². The van der Waals surface area contributed by atoms with E-state index in [0.29, 0.717) is 0 Å². The van der Waals surface area contributed by atoms with Crippen LogP contribution in [0, 0.1) is 6.92 Å². The van der Waals surface area contributed by atoms with Crippen LogP contribution in [0.25, 0.3) is 33.0 Å². The van der Waals surface area contributed by atoms with Crippen molar-refractivity contribution in [1.82, 2.24) is 0 Å². The van der Waals surface area contributed by atoms with Crippen molar-refractivity contribution in [3.63, 3.8) is 0 Å². The number of halogens is 1. The molecular weight excluding hydrogens is 312 g/mol. The van der Waals surface area contributed by atoms with E-state index in [9.17, 15) is 0 Å². The largest absolute Gasteiger partial charge is 0.0843 e. The lowest BCUT2D eigenvalue weighted by atomic mass is 9.89. The molecule has 0 aliphatic rings. The van der Waals surface area contributed by atoms with Gasteiger partial charge in [-0.15, -0.1) is 0 Å². The highest BCUT2D eigenvalue weighted by atomic mass is 35.5. The molecule has 0 aromatic heterocycles. The first-order chi connectivity index (χ1) is 11.7. The molecule has 0 aliphatic carbocycles. The molecule has 0 radical (unpaired) electrons. The van der Waals surface area contributed by atoms with Crippen LogP contribution in [0.2, 0.25) is 5.02 Å². The second-order valence-electron chi connectivity index (χ2n) is 6.08. The first kappa shape index (κ1) is 15.0. The van der Waals surface area contributed by atoms with Crippen molar-refractivity contribution in [2.45, 2.75) is 6.92 Å². The Morgan fingerprint density at radius 1 is 0.625 bits per heavy atom. The maximum atomic E-state index is 6.09. The van der Waals surface area contributed by atoms with E-state index < -0.39 is 0 Å². The van der Waals surface area contributed by atoms with Crippen molar-refractivity contribution in [3.05, 3.63) is 95.5 Å². The summed E-state index contributed by atoms with van der Waals surface area (Å²) in [7, 11) is 0. The number of benzene rings is 4. The highest BCUT2D eigenvalue weighted by Crippen LogP contribution is 2.38. The van der Waals surface area contributed by atoms with Crippen LogP contribution in [0.15, 0.2) is 84.9 Å². The van der Waals surface area contributed by atoms with Crippen molar-refractivity contribution in [1.29, 1.82) is 0 Å². The van der Waals surface area contributed by atoms with Crippen LogP contribution in [0.3, 0.4) is 0 Å². The average Bonchev–Trinajstić information content (AvgIpc) is 2.62. The zero-order chi connectivity index (χ0) is 16.5. The molecule has 24 heavy (non-hydrogen) atoms. The number of hydrogen-bond acceptors (Lipinski definition) is 0. The first-order valence-electron chi connectivity index (χ1n) is 8.07. The van der Waals surface area contributed by atoms with Gasteiger partial charge in [0.2, 0.25) is 0 Å². The molecule has 0 nitrogen and oxygen atoms in total. The summed E-state index contributed by atoms with van der Waals surface area (Å²) in [5.41, 5.74) is 6.19. The number of aryl methyl sites for hydroxylation is 1. The van der Waals surface area contributed by atoms with E-state index in [-0.39, 0.29) is 0 Å².